The van der Waals surface area contributed by atoms with Gasteiger partial charge in [0.2, 0.25) is 0 Å². The molecule has 7 nitrogen and oxygen atoms in total. The Labute approximate surface area is 209 Å². The highest BCUT2D eigenvalue weighted by molar-refractivity contribution is 9.10. The van der Waals surface area contributed by atoms with Gasteiger partial charge in [-0.05, 0) is 58.7 Å². The van der Waals surface area contributed by atoms with E-state index >= 15 is 0 Å². The zero-order chi connectivity index (χ0) is 23.6. The van der Waals surface area contributed by atoms with E-state index in [-0.39, 0.29) is 0 Å². The van der Waals surface area contributed by atoms with E-state index < -0.39 is 0 Å². The Kier molecular flexibility index (Phi) is 15.6. The molecule has 2 rings (SSSR count). The lowest BCUT2D eigenvalue weighted by atomic mass is 10.2. The van der Waals surface area contributed by atoms with Gasteiger partial charge in [0.05, 0.1) is 72.7 Å². The molecule has 0 aliphatic heterocycles. The summed E-state index contributed by atoms with van der Waals surface area (Å²) in [7, 11) is 1.65. The van der Waals surface area contributed by atoms with Crippen LogP contribution in [0.1, 0.15) is 4.88 Å². The molecule has 1 aromatic carbocycles. The zero-order valence-electron chi connectivity index (χ0n) is 19.5. The molecule has 2 aromatic rings. The van der Waals surface area contributed by atoms with E-state index in [4.69, 9.17) is 33.2 Å². The molecule has 0 bridgehead atoms. The minimum absolute atomic E-state index is 0.504. The fourth-order valence-electron chi connectivity index (χ4n) is 2.66. The van der Waals surface area contributed by atoms with Crippen LogP contribution in [0.15, 0.2) is 34.8 Å². The summed E-state index contributed by atoms with van der Waals surface area (Å²) in [6.45, 7) is 8.67. The van der Waals surface area contributed by atoms with Gasteiger partial charge in [-0.15, -0.1) is 11.3 Å². The molecule has 9 heteroatoms. The molecule has 186 valence electrons. The summed E-state index contributed by atoms with van der Waals surface area (Å²) in [4.78, 5) is 2.52. The molecule has 0 amide bonds. The Bertz CT molecular complexity index is 719. The van der Waals surface area contributed by atoms with Crippen LogP contribution in [0.3, 0.4) is 0 Å². The number of hydrogen-bond donors (Lipinski definition) is 0. The summed E-state index contributed by atoms with van der Waals surface area (Å²) in [5.74, 6) is 0.839. The minimum atomic E-state index is 0.504. The number of methoxy groups -OCH3 is 1. The Morgan fingerprint density at radius 2 is 1.12 bits per heavy atom. The minimum Gasteiger partial charge on any atom is -0.491 e. The van der Waals surface area contributed by atoms with Crippen molar-refractivity contribution in [3.63, 3.8) is 0 Å². The molecule has 0 saturated heterocycles. The third-order valence-electron chi connectivity index (χ3n) is 4.41. The van der Waals surface area contributed by atoms with E-state index in [1.807, 2.05) is 12.1 Å². The van der Waals surface area contributed by atoms with Crippen LogP contribution in [0.2, 0.25) is 0 Å². The Morgan fingerprint density at radius 1 is 0.667 bits per heavy atom. The quantitative estimate of drug-likeness (QED) is 0.225. The number of ether oxygens (including phenoxy) is 7. The van der Waals surface area contributed by atoms with Crippen LogP contribution in [-0.2, 0) is 28.4 Å². The van der Waals surface area contributed by atoms with E-state index in [0.29, 0.717) is 79.3 Å². The predicted molar refractivity (Wildman–Crippen MR) is 134 cm³/mol. The van der Waals surface area contributed by atoms with Gasteiger partial charge in [-0.1, -0.05) is 0 Å². The third-order valence-corrected chi connectivity index (χ3v) is 6.60. The van der Waals surface area contributed by atoms with Crippen LogP contribution in [0.4, 0.5) is 0 Å². The molecule has 33 heavy (non-hydrogen) atoms. The maximum Gasteiger partial charge on any atom is 0.119 e. The van der Waals surface area contributed by atoms with E-state index in [9.17, 15) is 0 Å². The second-order valence-electron chi connectivity index (χ2n) is 6.94. The van der Waals surface area contributed by atoms with Crippen molar-refractivity contribution >= 4 is 27.3 Å². The van der Waals surface area contributed by atoms with Crippen molar-refractivity contribution in [3.8, 4) is 16.2 Å². The van der Waals surface area contributed by atoms with Gasteiger partial charge in [0.15, 0.2) is 0 Å². The number of thiophene rings is 1. The van der Waals surface area contributed by atoms with Gasteiger partial charge in [-0.25, -0.2) is 0 Å². The molecule has 0 atom stereocenters. The van der Waals surface area contributed by atoms with E-state index in [0.717, 1.165) is 10.2 Å². The van der Waals surface area contributed by atoms with Crippen LogP contribution in [-0.4, -0.2) is 86.4 Å². The average molecular weight is 548 g/mol. The molecule has 1 aromatic heterocycles. The van der Waals surface area contributed by atoms with Gasteiger partial charge in [0.25, 0.3) is 0 Å². The lowest BCUT2D eigenvalue weighted by Gasteiger charge is -2.09. The first-order valence-corrected chi connectivity index (χ1v) is 12.7. The fraction of sp³-hybridized carbons (Fsp3) is 0.583. The normalized spacial score (nSPS) is 11.2. The monoisotopic (exact) mass is 546 g/mol. The van der Waals surface area contributed by atoms with Crippen molar-refractivity contribution in [1.82, 2.24) is 0 Å². The van der Waals surface area contributed by atoms with E-state index in [2.05, 4.69) is 41.1 Å². The lowest BCUT2D eigenvalue weighted by molar-refractivity contribution is -0.0159. The smallest absolute Gasteiger partial charge is 0.119 e. The predicted octanol–water partition coefficient (Wildman–Crippen LogP) is 4.59. The SMILES string of the molecule is COCCOCCOCCOCCOCCOCCOc1ccc(-c2cc(Br)c(C)s2)cc1. The average Bonchev–Trinajstić information content (AvgIpc) is 3.16. The van der Waals surface area contributed by atoms with Gasteiger partial charge in [-0.2, -0.15) is 0 Å². The maximum absolute atomic E-state index is 5.73. The van der Waals surface area contributed by atoms with Crippen molar-refractivity contribution in [1.29, 1.82) is 0 Å². The summed E-state index contributed by atoms with van der Waals surface area (Å²) < 4.78 is 38.9. The first-order chi connectivity index (χ1) is 16.2. The molecular formula is C24H35BrO7S. The van der Waals surface area contributed by atoms with Gasteiger partial charge in [0.1, 0.15) is 12.4 Å². The Hall–Kier alpha value is -1.04. The number of rotatable bonds is 20. The summed E-state index contributed by atoms with van der Waals surface area (Å²) in [6.07, 6.45) is 0. The van der Waals surface area contributed by atoms with E-state index in [1.165, 1.54) is 15.3 Å². The molecule has 0 spiro atoms. The van der Waals surface area contributed by atoms with Crippen molar-refractivity contribution in [2.24, 2.45) is 0 Å². The van der Waals surface area contributed by atoms with Crippen LogP contribution in [0.25, 0.3) is 10.4 Å². The number of aryl methyl sites for hydroxylation is 1. The van der Waals surface area contributed by atoms with Crippen molar-refractivity contribution in [2.45, 2.75) is 6.92 Å². The number of halogens is 1. The largest absolute Gasteiger partial charge is 0.491 e. The highest BCUT2D eigenvalue weighted by atomic mass is 79.9. The van der Waals surface area contributed by atoms with Gasteiger partial charge < -0.3 is 33.2 Å². The van der Waals surface area contributed by atoms with Crippen LogP contribution in [0, 0.1) is 6.92 Å². The summed E-state index contributed by atoms with van der Waals surface area (Å²) in [5, 5.41) is 0. The number of benzene rings is 1. The molecule has 0 saturated carbocycles. The zero-order valence-corrected chi connectivity index (χ0v) is 21.9. The molecule has 0 fully saturated rings. The lowest BCUT2D eigenvalue weighted by Crippen LogP contribution is -2.14. The second-order valence-corrected chi connectivity index (χ2v) is 9.05. The molecule has 0 N–H and O–H groups in total. The van der Waals surface area contributed by atoms with Crippen LogP contribution >= 0.6 is 27.3 Å². The Balaban J connectivity index is 1.35. The van der Waals surface area contributed by atoms with Crippen molar-refractivity contribution < 1.29 is 33.2 Å². The standard InChI is InChI=1S/C24H35BrO7S/c1-20-23(25)19-24(33-20)21-3-5-22(6-4-21)32-18-17-31-16-15-30-14-13-29-12-11-28-10-9-27-8-7-26-2/h3-6,19H,7-18H2,1-2H3. The molecule has 0 unspecified atom stereocenters. The third kappa shape index (κ3) is 12.8. The highest BCUT2D eigenvalue weighted by Gasteiger charge is 2.05. The molecule has 0 radical (unpaired) electrons. The van der Waals surface area contributed by atoms with Crippen LogP contribution < -0.4 is 4.74 Å². The van der Waals surface area contributed by atoms with Gasteiger partial charge >= 0.3 is 0 Å². The van der Waals surface area contributed by atoms with Crippen LogP contribution in [0.5, 0.6) is 5.75 Å². The maximum atomic E-state index is 5.73. The molecule has 0 aliphatic carbocycles. The van der Waals surface area contributed by atoms with Crippen molar-refractivity contribution in [2.75, 3.05) is 86.4 Å². The molecule has 1 heterocycles. The van der Waals surface area contributed by atoms with Crippen molar-refractivity contribution in [3.05, 3.63) is 39.7 Å². The topological polar surface area (TPSA) is 64.6 Å². The van der Waals surface area contributed by atoms with Gasteiger partial charge in [0, 0.05) is 21.3 Å². The summed E-state index contributed by atoms with van der Waals surface area (Å²) >= 11 is 5.34. The first kappa shape index (κ1) is 28.2. The first-order valence-electron chi connectivity index (χ1n) is 11.1. The summed E-state index contributed by atoms with van der Waals surface area (Å²) in [6, 6.07) is 10.3. The highest BCUT2D eigenvalue weighted by Crippen LogP contribution is 2.34. The Morgan fingerprint density at radius 3 is 1.55 bits per heavy atom. The fourth-order valence-corrected chi connectivity index (χ4v) is 4.20. The van der Waals surface area contributed by atoms with Gasteiger partial charge in [-0.3, -0.25) is 0 Å². The number of hydrogen-bond acceptors (Lipinski definition) is 8. The molecule has 0 aliphatic rings. The summed E-state index contributed by atoms with van der Waals surface area (Å²) in [5.41, 5.74) is 1.19. The second kappa shape index (κ2) is 18.3. The molecular weight excluding hydrogens is 512 g/mol. The van der Waals surface area contributed by atoms with E-state index in [1.54, 1.807) is 18.4 Å².